The van der Waals surface area contributed by atoms with E-state index in [1.54, 1.807) is 19.2 Å². The molecular formula is C20H23FN4O. The summed E-state index contributed by atoms with van der Waals surface area (Å²) in [4.78, 5) is 4.15. The lowest BCUT2D eigenvalue weighted by atomic mass is 10.1. The summed E-state index contributed by atoms with van der Waals surface area (Å²) in [6.07, 6.45) is 0. The summed E-state index contributed by atoms with van der Waals surface area (Å²) in [5.41, 5.74) is 2.93. The average Bonchev–Trinajstić information content (AvgIpc) is 2.64. The zero-order valence-electron chi connectivity index (χ0n) is 15.3. The van der Waals surface area contributed by atoms with E-state index in [-0.39, 0.29) is 6.54 Å². The molecular weight excluding hydrogens is 331 g/mol. The van der Waals surface area contributed by atoms with Gasteiger partial charge >= 0.3 is 0 Å². The molecule has 0 spiro atoms. The summed E-state index contributed by atoms with van der Waals surface area (Å²) in [6.45, 7) is 5.37. The van der Waals surface area contributed by atoms with E-state index in [0.29, 0.717) is 30.2 Å². The molecule has 0 saturated carbocycles. The van der Waals surface area contributed by atoms with Crippen molar-refractivity contribution in [1.82, 2.24) is 10.6 Å². The molecule has 5 nitrogen and oxygen atoms in total. The molecule has 2 aromatic carbocycles. The first-order valence-corrected chi connectivity index (χ1v) is 8.42. The quantitative estimate of drug-likeness (QED) is 0.617. The largest absolute Gasteiger partial charge is 0.494 e. The number of ether oxygens (including phenoxy) is 1. The molecule has 0 aliphatic rings. The van der Waals surface area contributed by atoms with Crippen LogP contribution in [0.15, 0.2) is 41.4 Å². The van der Waals surface area contributed by atoms with Crippen molar-refractivity contribution in [2.75, 3.05) is 13.7 Å². The Morgan fingerprint density at radius 3 is 2.46 bits per heavy atom. The van der Waals surface area contributed by atoms with Crippen molar-refractivity contribution in [2.45, 2.75) is 26.9 Å². The van der Waals surface area contributed by atoms with Crippen LogP contribution < -0.4 is 15.4 Å². The minimum Gasteiger partial charge on any atom is -0.494 e. The summed E-state index contributed by atoms with van der Waals surface area (Å²) in [6, 6.07) is 12.4. The number of nitrogens with one attached hydrogen (secondary N) is 2. The molecule has 0 radical (unpaired) electrons. The molecule has 0 aromatic heterocycles. The third-order valence-electron chi connectivity index (χ3n) is 3.82. The van der Waals surface area contributed by atoms with Crippen LogP contribution in [-0.4, -0.2) is 19.6 Å². The van der Waals surface area contributed by atoms with E-state index in [1.165, 1.54) is 6.07 Å². The zero-order chi connectivity index (χ0) is 18.9. The molecule has 0 saturated heterocycles. The van der Waals surface area contributed by atoms with Crippen LogP contribution >= 0.6 is 0 Å². The summed E-state index contributed by atoms with van der Waals surface area (Å²) in [5, 5.41) is 15.1. The number of aryl methyl sites for hydroxylation is 1. The van der Waals surface area contributed by atoms with E-state index in [2.05, 4.69) is 15.6 Å². The minimum atomic E-state index is -0.413. The van der Waals surface area contributed by atoms with Gasteiger partial charge in [0.2, 0.25) is 0 Å². The number of halogens is 1. The van der Waals surface area contributed by atoms with Gasteiger partial charge in [0.15, 0.2) is 5.96 Å². The number of hydrogen-bond donors (Lipinski definition) is 2. The first-order chi connectivity index (χ1) is 12.6. The fourth-order valence-electron chi connectivity index (χ4n) is 2.44. The maximum atomic E-state index is 13.9. The lowest BCUT2D eigenvalue weighted by Crippen LogP contribution is -2.36. The van der Waals surface area contributed by atoms with Crippen LogP contribution in [0.5, 0.6) is 5.75 Å². The molecule has 0 bridgehead atoms. The second kappa shape index (κ2) is 9.42. The van der Waals surface area contributed by atoms with E-state index >= 15 is 0 Å². The van der Waals surface area contributed by atoms with Gasteiger partial charge in [0.25, 0.3) is 0 Å². The van der Waals surface area contributed by atoms with Crippen LogP contribution in [-0.2, 0) is 13.1 Å². The highest BCUT2D eigenvalue weighted by atomic mass is 19.1. The van der Waals surface area contributed by atoms with Gasteiger partial charge in [-0.05, 0) is 37.6 Å². The van der Waals surface area contributed by atoms with Crippen molar-refractivity contribution in [1.29, 1.82) is 5.26 Å². The lowest BCUT2D eigenvalue weighted by Gasteiger charge is -2.15. The Kier molecular flexibility index (Phi) is 6.98. The Morgan fingerprint density at radius 2 is 1.85 bits per heavy atom. The van der Waals surface area contributed by atoms with Gasteiger partial charge in [-0.2, -0.15) is 5.26 Å². The van der Waals surface area contributed by atoms with E-state index < -0.39 is 5.82 Å². The molecule has 0 heterocycles. The molecule has 0 aliphatic heterocycles. The topological polar surface area (TPSA) is 69.4 Å². The fraction of sp³-hybridized carbons (Fsp3) is 0.300. The van der Waals surface area contributed by atoms with Gasteiger partial charge in [0.1, 0.15) is 11.6 Å². The van der Waals surface area contributed by atoms with E-state index in [1.807, 2.05) is 38.1 Å². The first kappa shape index (κ1) is 19.3. The Labute approximate surface area is 153 Å². The average molecular weight is 354 g/mol. The van der Waals surface area contributed by atoms with Gasteiger partial charge in [-0.25, -0.2) is 4.39 Å². The third kappa shape index (κ3) is 5.21. The predicted octanol–water partition coefficient (Wildman–Crippen LogP) is 3.27. The second-order valence-electron chi connectivity index (χ2n) is 5.74. The van der Waals surface area contributed by atoms with Crippen LogP contribution in [0.4, 0.5) is 4.39 Å². The molecule has 2 aromatic rings. The van der Waals surface area contributed by atoms with Crippen LogP contribution in [0.25, 0.3) is 0 Å². The van der Waals surface area contributed by atoms with Gasteiger partial charge in [-0.3, -0.25) is 4.99 Å². The van der Waals surface area contributed by atoms with Gasteiger partial charge in [0.05, 0.1) is 18.2 Å². The van der Waals surface area contributed by atoms with Crippen molar-refractivity contribution >= 4 is 5.96 Å². The number of nitriles is 1. The monoisotopic (exact) mass is 354 g/mol. The Bertz CT molecular complexity index is 827. The molecule has 0 unspecified atom stereocenters. The van der Waals surface area contributed by atoms with Crippen molar-refractivity contribution < 1.29 is 9.13 Å². The molecule has 6 heteroatoms. The minimum absolute atomic E-state index is 0.267. The second-order valence-corrected chi connectivity index (χ2v) is 5.74. The zero-order valence-corrected chi connectivity index (χ0v) is 15.3. The molecule has 0 fully saturated rings. The van der Waals surface area contributed by atoms with E-state index in [9.17, 15) is 4.39 Å². The van der Waals surface area contributed by atoms with E-state index in [0.717, 1.165) is 16.9 Å². The van der Waals surface area contributed by atoms with Crippen molar-refractivity contribution in [2.24, 2.45) is 4.99 Å². The normalized spacial score (nSPS) is 11.0. The van der Waals surface area contributed by atoms with Crippen LogP contribution in [0.3, 0.4) is 0 Å². The predicted molar refractivity (Wildman–Crippen MR) is 101 cm³/mol. The summed E-state index contributed by atoms with van der Waals surface area (Å²) < 4.78 is 19.6. The third-order valence-corrected chi connectivity index (χ3v) is 3.82. The molecule has 2 N–H and O–H groups in total. The number of nitrogens with zero attached hydrogens (tertiary/aromatic N) is 2. The van der Waals surface area contributed by atoms with Gasteiger partial charge in [0, 0.05) is 31.3 Å². The molecule has 0 atom stereocenters. The lowest BCUT2D eigenvalue weighted by molar-refractivity contribution is 0.336. The molecule has 0 aliphatic carbocycles. The van der Waals surface area contributed by atoms with E-state index in [4.69, 9.17) is 10.00 Å². The number of benzene rings is 2. The highest BCUT2D eigenvalue weighted by molar-refractivity contribution is 5.79. The molecule has 0 amide bonds. The SMILES string of the molecule is CCOc1cc(C)ccc1CNC(=NC)NCc1ccc(C#N)cc1F. The van der Waals surface area contributed by atoms with Crippen LogP contribution in [0.1, 0.15) is 29.2 Å². The number of aliphatic imine (C=N–C) groups is 1. The van der Waals surface area contributed by atoms with Gasteiger partial charge < -0.3 is 15.4 Å². The van der Waals surface area contributed by atoms with Crippen molar-refractivity contribution in [3.63, 3.8) is 0 Å². The number of guanidine groups is 1. The fourth-order valence-corrected chi connectivity index (χ4v) is 2.44. The highest BCUT2D eigenvalue weighted by Gasteiger charge is 2.07. The summed E-state index contributed by atoms with van der Waals surface area (Å²) in [5.74, 6) is 0.981. The highest BCUT2D eigenvalue weighted by Crippen LogP contribution is 2.20. The Balaban J connectivity index is 1.98. The number of hydrogen-bond acceptors (Lipinski definition) is 3. The van der Waals surface area contributed by atoms with Crippen LogP contribution in [0, 0.1) is 24.1 Å². The maximum Gasteiger partial charge on any atom is 0.191 e. The Hall–Kier alpha value is -3.07. The smallest absolute Gasteiger partial charge is 0.191 e. The Morgan fingerprint density at radius 1 is 1.15 bits per heavy atom. The van der Waals surface area contributed by atoms with Crippen LogP contribution in [0.2, 0.25) is 0 Å². The van der Waals surface area contributed by atoms with Gasteiger partial charge in [-0.15, -0.1) is 0 Å². The summed E-state index contributed by atoms with van der Waals surface area (Å²) in [7, 11) is 1.66. The molecule has 2 rings (SSSR count). The standard InChI is InChI=1S/C20H23FN4O/c1-4-26-19-9-14(2)5-7-17(19)13-25-20(23-3)24-12-16-8-6-15(11-22)10-18(16)21/h5-10H,4,12-13H2,1-3H3,(H2,23,24,25). The number of rotatable bonds is 6. The van der Waals surface area contributed by atoms with Gasteiger partial charge in [-0.1, -0.05) is 18.2 Å². The van der Waals surface area contributed by atoms with Crippen molar-refractivity contribution in [3.05, 3.63) is 64.5 Å². The molecule has 26 heavy (non-hydrogen) atoms. The summed E-state index contributed by atoms with van der Waals surface area (Å²) >= 11 is 0. The van der Waals surface area contributed by atoms with Crippen molar-refractivity contribution in [3.8, 4) is 11.8 Å². The molecule has 136 valence electrons. The first-order valence-electron chi connectivity index (χ1n) is 8.42. The maximum absolute atomic E-state index is 13.9.